The van der Waals surface area contributed by atoms with Gasteiger partial charge < -0.3 is 9.47 Å². The summed E-state index contributed by atoms with van der Waals surface area (Å²) in [5.41, 5.74) is 3.43. The molecule has 0 aliphatic carbocycles. The normalized spacial score (nSPS) is 11.1. The highest BCUT2D eigenvalue weighted by atomic mass is 32.2. The lowest BCUT2D eigenvalue weighted by Gasteiger charge is -2.13. The predicted octanol–water partition coefficient (Wildman–Crippen LogP) is 5.88. The lowest BCUT2D eigenvalue weighted by Crippen LogP contribution is -2.13. The van der Waals surface area contributed by atoms with E-state index in [9.17, 15) is 18.0 Å². The Morgan fingerprint density at radius 1 is 0.583 bits per heavy atom. The molecule has 0 N–H and O–H groups in total. The first-order valence-corrected chi connectivity index (χ1v) is 12.7. The standard InChI is InChI=1S/C29H24O6S/c1-19-4-10-22(11-5-19)28(30)34-24-14-17-26(35-29(31)23-12-6-20(2)7-13-23)27(18-24)36(32,33)25-15-8-21(3)9-16-25/h4-18H,1-3H3. The molecular weight excluding hydrogens is 476 g/mol. The number of sulfone groups is 1. The van der Waals surface area contributed by atoms with Gasteiger partial charge in [0.05, 0.1) is 16.0 Å². The van der Waals surface area contributed by atoms with Crippen molar-refractivity contribution >= 4 is 21.8 Å². The summed E-state index contributed by atoms with van der Waals surface area (Å²) >= 11 is 0. The van der Waals surface area contributed by atoms with Gasteiger partial charge in [-0.25, -0.2) is 18.0 Å². The zero-order valence-electron chi connectivity index (χ0n) is 20.0. The molecule has 0 amide bonds. The van der Waals surface area contributed by atoms with E-state index >= 15 is 0 Å². The zero-order chi connectivity index (χ0) is 25.9. The van der Waals surface area contributed by atoms with Crippen molar-refractivity contribution in [3.63, 3.8) is 0 Å². The number of benzene rings is 4. The van der Waals surface area contributed by atoms with Crippen LogP contribution in [0.2, 0.25) is 0 Å². The highest BCUT2D eigenvalue weighted by molar-refractivity contribution is 7.91. The number of carbonyl (C=O) groups is 2. The first kappa shape index (κ1) is 24.9. The van der Waals surface area contributed by atoms with Crippen molar-refractivity contribution < 1.29 is 27.5 Å². The Balaban J connectivity index is 1.72. The van der Waals surface area contributed by atoms with E-state index in [1.165, 1.54) is 30.3 Å². The highest BCUT2D eigenvalue weighted by Crippen LogP contribution is 2.34. The topological polar surface area (TPSA) is 86.7 Å². The van der Waals surface area contributed by atoms with Crippen LogP contribution < -0.4 is 9.47 Å². The molecule has 0 fully saturated rings. The molecule has 0 aliphatic heterocycles. The minimum absolute atomic E-state index is 0.00129. The molecule has 0 aromatic heterocycles. The maximum atomic E-state index is 13.5. The number of esters is 2. The van der Waals surface area contributed by atoms with Crippen LogP contribution in [0.3, 0.4) is 0 Å². The molecule has 4 rings (SSSR count). The molecule has 0 spiro atoms. The van der Waals surface area contributed by atoms with Crippen LogP contribution in [0.15, 0.2) is 101 Å². The fourth-order valence-corrected chi connectivity index (χ4v) is 4.79. The van der Waals surface area contributed by atoms with E-state index in [1.54, 1.807) is 60.7 Å². The van der Waals surface area contributed by atoms with Gasteiger partial charge in [0.25, 0.3) is 0 Å². The van der Waals surface area contributed by atoms with E-state index < -0.39 is 21.8 Å². The zero-order valence-corrected chi connectivity index (χ0v) is 20.8. The first-order valence-electron chi connectivity index (χ1n) is 11.2. The van der Waals surface area contributed by atoms with E-state index in [1.807, 2.05) is 20.8 Å². The molecule has 0 bridgehead atoms. The summed E-state index contributed by atoms with van der Waals surface area (Å²) in [7, 11) is -4.12. The van der Waals surface area contributed by atoms with Crippen LogP contribution in [0.4, 0.5) is 0 Å². The maximum absolute atomic E-state index is 13.5. The minimum Gasteiger partial charge on any atom is -0.423 e. The number of hydrogen-bond acceptors (Lipinski definition) is 6. The second kappa shape index (κ2) is 10.2. The minimum atomic E-state index is -4.12. The smallest absolute Gasteiger partial charge is 0.343 e. The molecular formula is C29H24O6S. The van der Waals surface area contributed by atoms with E-state index in [-0.39, 0.29) is 26.9 Å². The lowest BCUT2D eigenvalue weighted by molar-refractivity contribution is 0.0715. The molecule has 0 radical (unpaired) electrons. The largest absolute Gasteiger partial charge is 0.423 e. The molecule has 4 aromatic rings. The average Bonchev–Trinajstić information content (AvgIpc) is 2.86. The molecule has 0 unspecified atom stereocenters. The summed E-state index contributed by atoms with van der Waals surface area (Å²) in [4.78, 5) is 25.1. The van der Waals surface area contributed by atoms with Crippen molar-refractivity contribution in [2.24, 2.45) is 0 Å². The molecule has 0 saturated carbocycles. The van der Waals surface area contributed by atoms with Crippen LogP contribution in [-0.4, -0.2) is 20.4 Å². The summed E-state index contributed by atoms with van der Waals surface area (Å²) in [5, 5.41) is 0. The fourth-order valence-electron chi connectivity index (χ4n) is 3.39. The van der Waals surface area contributed by atoms with Gasteiger partial charge in [-0.1, -0.05) is 53.1 Å². The number of ether oxygens (including phenoxy) is 2. The van der Waals surface area contributed by atoms with Crippen LogP contribution in [0.5, 0.6) is 11.5 Å². The Morgan fingerprint density at radius 2 is 1.03 bits per heavy atom. The van der Waals surface area contributed by atoms with Crippen LogP contribution >= 0.6 is 0 Å². The number of carbonyl (C=O) groups excluding carboxylic acids is 2. The first-order chi connectivity index (χ1) is 17.1. The third-order valence-electron chi connectivity index (χ3n) is 5.52. The molecule has 0 saturated heterocycles. The van der Waals surface area contributed by atoms with Crippen molar-refractivity contribution in [3.05, 3.63) is 119 Å². The summed E-state index contributed by atoms with van der Waals surface area (Å²) in [6, 6.07) is 23.7. The molecule has 0 atom stereocenters. The molecule has 0 heterocycles. The van der Waals surface area contributed by atoms with E-state index in [4.69, 9.17) is 9.47 Å². The summed E-state index contributed by atoms with van der Waals surface area (Å²) in [6.07, 6.45) is 0. The SMILES string of the molecule is Cc1ccc(C(=O)Oc2ccc(OC(=O)c3ccc(C)cc3)c(S(=O)(=O)c3ccc(C)cc3)c2)cc1. The van der Waals surface area contributed by atoms with Crippen LogP contribution in [-0.2, 0) is 9.84 Å². The van der Waals surface area contributed by atoms with Gasteiger partial charge in [0.1, 0.15) is 10.6 Å². The van der Waals surface area contributed by atoms with E-state index in [2.05, 4.69) is 0 Å². The molecule has 182 valence electrons. The van der Waals surface area contributed by atoms with E-state index in [0.717, 1.165) is 16.7 Å². The summed E-state index contributed by atoms with van der Waals surface area (Å²) < 4.78 is 38.0. The van der Waals surface area contributed by atoms with Crippen LogP contribution in [0.25, 0.3) is 0 Å². The third-order valence-corrected chi connectivity index (χ3v) is 7.31. The molecule has 36 heavy (non-hydrogen) atoms. The Morgan fingerprint density at radius 3 is 1.53 bits per heavy atom. The third kappa shape index (κ3) is 5.53. The fraction of sp³-hybridized carbons (Fsp3) is 0.103. The summed E-state index contributed by atoms with van der Waals surface area (Å²) in [5.74, 6) is -1.52. The van der Waals surface area contributed by atoms with Gasteiger partial charge in [0, 0.05) is 6.07 Å². The maximum Gasteiger partial charge on any atom is 0.343 e. The lowest BCUT2D eigenvalue weighted by atomic mass is 10.1. The summed E-state index contributed by atoms with van der Waals surface area (Å²) in [6.45, 7) is 5.63. The monoisotopic (exact) mass is 500 g/mol. The second-order valence-corrected chi connectivity index (χ2v) is 10.4. The van der Waals surface area contributed by atoms with Crippen molar-refractivity contribution in [2.75, 3.05) is 0 Å². The van der Waals surface area contributed by atoms with Gasteiger partial charge in [-0.3, -0.25) is 0 Å². The highest BCUT2D eigenvalue weighted by Gasteiger charge is 2.26. The van der Waals surface area contributed by atoms with Gasteiger partial charge >= 0.3 is 11.9 Å². The van der Waals surface area contributed by atoms with Crippen molar-refractivity contribution in [1.29, 1.82) is 0 Å². The Kier molecular flexibility index (Phi) is 7.03. The van der Waals surface area contributed by atoms with Crippen molar-refractivity contribution in [2.45, 2.75) is 30.6 Å². The second-order valence-electron chi connectivity index (χ2n) is 8.44. The number of rotatable bonds is 6. The Hall–Kier alpha value is -4.23. The van der Waals surface area contributed by atoms with Gasteiger partial charge in [-0.2, -0.15) is 0 Å². The van der Waals surface area contributed by atoms with Crippen LogP contribution in [0.1, 0.15) is 37.4 Å². The van der Waals surface area contributed by atoms with Crippen molar-refractivity contribution in [1.82, 2.24) is 0 Å². The molecule has 6 nitrogen and oxygen atoms in total. The Bertz CT molecular complexity index is 1520. The van der Waals surface area contributed by atoms with Gasteiger partial charge in [-0.15, -0.1) is 0 Å². The molecule has 0 aliphatic rings. The Labute approximate surface area is 210 Å². The number of aryl methyl sites for hydroxylation is 3. The van der Waals surface area contributed by atoms with Gasteiger partial charge in [-0.05, 0) is 69.3 Å². The van der Waals surface area contributed by atoms with E-state index in [0.29, 0.717) is 5.56 Å². The molecule has 4 aromatic carbocycles. The van der Waals surface area contributed by atoms with Gasteiger partial charge in [0.2, 0.25) is 9.84 Å². The van der Waals surface area contributed by atoms with Crippen molar-refractivity contribution in [3.8, 4) is 11.5 Å². The number of hydrogen-bond donors (Lipinski definition) is 0. The van der Waals surface area contributed by atoms with Crippen LogP contribution in [0, 0.1) is 20.8 Å². The quantitative estimate of drug-likeness (QED) is 0.243. The molecule has 7 heteroatoms. The predicted molar refractivity (Wildman–Crippen MR) is 135 cm³/mol. The average molecular weight is 501 g/mol. The van der Waals surface area contributed by atoms with Gasteiger partial charge in [0.15, 0.2) is 5.75 Å².